The van der Waals surface area contributed by atoms with Crippen LogP contribution in [0, 0.1) is 13.8 Å². The van der Waals surface area contributed by atoms with Crippen molar-refractivity contribution in [2.24, 2.45) is 0 Å². The number of hydrogen-bond acceptors (Lipinski definition) is 9. The summed E-state index contributed by atoms with van der Waals surface area (Å²) in [6, 6.07) is 5.53. The molecule has 1 aromatic carbocycles. The van der Waals surface area contributed by atoms with Crippen LogP contribution in [0.2, 0.25) is 0 Å². The molecule has 0 radical (unpaired) electrons. The van der Waals surface area contributed by atoms with Gasteiger partial charge < -0.3 is 13.9 Å². The first-order valence-corrected chi connectivity index (χ1v) is 9.44. The molecule has 0 aliphatic carbocycles. The number of fused-ring (bicyclic) bond motifs is 2. The molecule has 130 valence electrons. The van der Waals surface area contributed by atoms with Crippen molar-refractivity contribution in [3.05, 3.63) is 35.0 Å². The summed E-state index contributed by atoms with van der Waals surface area (Å²) in [7, 11) is 0. The Bertz CT molecular complexity index is 1140. The molecule has 0 unspecified atom stereocenters. The van der Waals surface area contributed by atoms with Crippen molar-refractivity contribution in [2.45, 2.75) is 24.1 Å². The summed E-state index contributed by atoms with van der Waals surface area (Å²) in [4.78, 5) is 10.9. The van der Waals surface area contributed by atoms with Gasteiger partial charge in [-0.25, -0.2) is 9.97 Å². The fourth-order valence-electron chi connectivity index (χ4n) is 2.71. The highest BCUT2D eigenvalue weighted by Crippen LogP contribution is 2.39. The minimum atomic E-state index is 0.229. The monoisotopic (exact) mass is 384 g/mol. The number of benzene rings is 1. The second-order valence-electron chi connectivity index (χ2n) is 5.69. The number of aromatic nitrogens is 4. The van der Waals surface area contributed by atoms with Gasteiger partial charge >= 0.3 is 0 Å². The predicted octanol–water partition coefficient (Wildman–Crippen LogP) is 4.24. The van der Waals surface area contributed by atoms with Crippen LogP contribution in [0.1, 0.15) is 10.4 Å². The van der Waals surface area contributed by atoms with Crippen LogP contribution in [0.25, 0.3) is 21.7 Å². The van der Waals surface area contributed by atoms with Gasteiger partial charge in [0.2, 0.25) is 12.7 Å². The van der Waals surface area contributed by atoms with Crippen molar-refractivity contribution in [2.75, 3.05) is 6.79 Å². The summed E-state index contributed by atoms with van der Waals surface area (Å²) in [6.45, 7) is 4.39. The minimum Gasteiger partial charge on any atom is -0.454 e. The maximum absolute atomic E-state index is 5.82. The molecule has 7 nitrogen and oxygen atoms in total. The van der Waals surface area contributed by atoms with Gasteiger partial charge in [-0.05, 0) is 49.4 Å². The van der Waals surface area contributed by atoms with E-state index in [9.17, 15) is 0 Å². The molecule has 0 fully saturated rings. The molecule has 5 rings (SSSR count). The number of ether oxygens (including phenoxy) is 2. The van der Waals surface area contributed by atoms with Crippen molar-refractivity contribution < 1.29 is 13.9 Å². The lowest BCUT2D eigenvalue weighted by molar-refractivity contribution is 0.174. The number of rotatable bonds is 3. The van der Waals surface area contributed by atoms with E-state index in [1.807, 2.05) is 18.2 Å². The normalized spacial score (nSPS) is 12.8. The van der Waals surface area contributed by atoms with Crippen LogP contribution in [0.15, 0.2) is 39.2 Å². The summed E-state index contributed by atoms with van der Waals surface area (Å²) in [6.07, 6.45) is 1.56. The van der Waals surface area contributed by atoms with E-state index in [2.05, 4.69) is 34.0 Å². The third kappa shape index (κ3) is 2.51. The molecule has 0 atom stereocenters. The Kier molecular flexibility index (Phi) is 3.57. The Morgan fingerprint density at radius 2 is 1.96 bits per heavy atom. The Balaban J connectivity index is 1.48. The highest BCUT2D eigenvalue weighted by Gasteiger charge is 2.19. The van der Waals surface area contributed by atoms with Crippen LogP contribution < -0.4 is 9.47 Å². The average molecular weight is 384 g/mol. The molecule has 0 amide bonds. The molecule has 1 aliphatic heterocycles. The molecular formula is C17H12N4O3S2. The zero-order chi connectivity index (χ0) is 17.7. The van der Waals surface area contributed by atoms with Crippen molar-refractivity contribution in [1.82, 2.24) is 20.2 Å². The first-order valence-electron chi connectivity index (χ1n) is 7.81. The van der Waals surface area contributed by atoms with E-state index in [-0.39, 0.29) is 6.79 Å². The lowest BCUT2D eigenvalue weighted by Gasteiger charge is -2.00. The topological polar surface area (TPSA) is 83.2 Å². The van der Waals surface area contributed by atoms with Crippen molar-refractivity contribution in [3.8, 4) is 23.0 Å². The van der Waals surface area contributed by atoms with Crippen LogP contribution in [-0.4, -0.2) is 27.0 Å². The van der Waals surface area contributed by atoms with Gasteiger partial charge in [-0.2, -0.15) is 0 Å². The third-order valence-corrected chi connectivity index (χ3v) is 6.10. The standard InChI is InChI=1S/C17H12N4O3S2/c1-8-9(2)25-15-13(8)16(19-6-18-15)26-17-21-20-14(24-17)10-3-4-11-12(5-10)23-7-22-11/h3-6H,7H2,1-2H3. The largest absolute Gasteiger partial charge is 0.454 e. The van der Waals surface area contributed by atoms with Gasteiger partial charge in [0.05, 0.1) is 0 Å². The molecule has 0 N–H and O–H groups in total. The van der Waals surface area contributed by atoms with Crippen molar-refractivity contribution >= 4 is 33.3 Å². The van der Waals surface area contributed by atoms with Gasteiger partial charge in [-0.15, -0.1) is 21.5 Å². The van der Waals surface area contributed by atoms with Gasteiger partial charge in [0.25, 0.3) is 5.22 Å². The average Bonchev–Trinajstić information content (AvgIpc) is 3.35. The Morgan fingerprint density at radius 1 is 1.08 bits per heavy atom. The van der Waals surface area contributed by atoms with E-state index in [0.29, 0.717) is 16.9 Å². The van der Waals surface area contributed by atoms with Gasteiger partial charge in [-0.1, -0.05) is 0 Å². The summed E-state index contributed by atoms with van der Waals surface area (Å²) >= 11 is 3.00. The van der Waals surface area contributed by atoms with Gasteiger partial charge in [0, 0.05) is 15.8 Å². The number of hydrogen-bond donors (Lipinski definition) is 0. The molecular weight excluding hydrogens is 372 g/mol. The third-order valence-electron chi connectivity index (χ3n) is 4.14. The quantitative estimate of drug-likeness (QED) is 0.485. The second-order valence-corrected chi connectivity index (χ2v) is 7.83. The Hall–Kier alpha value is -2.65. The molecule has 4 heterocycles. The summed E-state index contributed by atoms with van der Waals surface area (Å²) in [5.74, 6) is 1.82. The van der Waals surface area contributed by atoms with Crippen molar-refractivity contribution in [3.63, 3.8) is 0 Å². The maximum atomic E-state index is 5.82. The smallest absolute Gasteiger partial charge is 0.283 e. The van der Waals surface area contributed by atoms with E-state index in [0.717, 1.165) is 26.6 Å². The molecule has 26 heavy (non-hydrogen) atoms. The number of aryl methyl sites for hydroxylation is 2. The first-order chi connectivity index (χ1) is 12.7. The molecule has 4 aromatic rings. The SMILES string of the molecule is Cc1sc2ncnc(Sc3nnc(-c4ccc5c(c4)OCO5)o3)c2c1C. The zero-order valence-electron chi connectivity index (χ0n) is 13.8. The Labute approximate surface area is 156 Å². The molecule has 0 bridgehead atoms. The number of thiophene rings is 1. The van der Waals surface area contributed by atoms with Crippen molar-refractivity contribution in [1.29, 1.82) is 0 Å². The maximum Gasteiger partial charge on any atom is 0.283 e. The lowest BCUT2D eigenvalue weighted by Crippen LogP contribution is -1.92. The van der Waals surface area contributed by atoms with Crippen LogP contribution >= 0.6 is 23.1 Å². The van der Waals surface area contributed by atoms with Gasteiger partial charge in [-0.3, -0.25) is 0 Å². The van der Waals surface area contributed by atoms with Crippen LogP contribution in [-0.2, 0) is 0 Å². The fourth-order valence-corrected chi connectivity index (χ4v) is 4.59. The highest BCUT2D eigenvalue weighted by molar-refractivity contribution is 7.99. The van der Waals surface area contributed by atoms with E-state index in [1.54, 1.807) is 17.7 Å². The van der Waals surface area contributed by atoms with Crippen LogP contribution in [0.4, 0.5) is 0 Å². The molecule has 1 aliphatic rings. The van der Waals surface area contributed by atoms with E-state index >= 15 is 0 Å². The van der Waals surface area contributed by atoms with Crippen LogP contribution in [0.5, 0.6) is 11.5 Å². The van der Waals surface area contributed by atoms with Crippen LogP contribution in [0.3, 0.4) is 0 Å². The minimum absolute atomic E-state index is 0.229. The second kappa shape index (κ2) is 5.96. The predicted molar refractivity (Wildman–Crippen MR) is 96.9 cm³/mol. The Morgan fingerprint density at radius 3 is 2.88 bits per heavy atom. The first kappa shape index (κ1) is 15.6. The zero-order valence-corrected chi connectivity index (χ0v) is 15.5. The van der Waals surface area contributed by atoms with Gasteiger partial charge in [0.15, 0.2) is 11.5 Å². The molecule has 3 aromatic heterocycles. The van der Waals surface area contributed by atoms with E-state index in [1.165, 1.54) is 22.2 Å². The van der Waals surface area contributed by atoms with E-state index < -0.39 is 0 Å². The highest BCUT2D eigenvalue weighted by atomic mass is 32.2. The molecule has 9 heteroatoms. The fraction of sp³-hybridized carbons (Fsp3) is 0.176. The molecule has 0 saturated carbocycles. The van der Waals surface area contributed by atoms with Gasteiger partial charge in [0.1, 0.15) is 16.2 Å². The lowest BCUT2D eigenvalue weighted by atomic mass is 10.2. The molecule has 0 spiro atoms. The summed E-state index contributed by atoms with van der Waals surface area (Å²) < 4.78 is 16.5. The summed E-state index contributed by atoms with van der Waals surface area (Å²) in [5.41, 5.74) is 1.97. The number of nitrogens with zero attached hydrogens (tertiary/aromatic N) is 4. The van der Waals surface area contributed by atoms with E-state index in [4.69, 9.17) is 13.9 Å². The molecule has 0 saturated heterocycles. The summed E-state index contributed by atoms with van der Waals surface area (Å²) in [5, 5.41) is 10.6.